The molecule has 0 amide bonds. The smallest absolute Gasteiger partial charge is 0.462 e. The highest BCUT2D eigenvalue weighted by molar-refractivity contribution is 7.47. The third-order valence-corrected chi connectivity index (χ3v) is 20.9. The van der Waals surface area contributed by atoms with E-state index in [1.165, 1.54) is 199 Å². The molecule has 0 spiro atoms. The second kappa shape index (κ2) is 68.2. The molecule has 0 saturated heterocycles. The Hall–Kier alpha value is -1.94. The quantitative estimate of drug-likeness (QED) is 0.0222. The first-order valence-corrected chi connectivity index (χ1v) is 43.8. The van der Waals surface area contributed by atoms with Gasteiger partial charge >= 0.3 is 39.5 Å². The SMILES string of the molecule is CCC(C)CCCCCCCCCCC(=O)O[C@H](COC(=O)CCCCCCCCC(C)CC)COP(=O)(O)OC[C@H](O)COP(=O)(O)OC[C@@H](COC(=O)CCCCCCCCCCCCCCCCCCCCC(C)C)OC(=O)CCCCCCCCCCCCCCC(C)C. The zero-order valence-corrected chi connectivity index (χ0v) is 66.2. The lowest BCUT2D eigenvalue weighted by Crippen LogP contribution is -2.30. The lowest BCUT2D eigenvalue weighted by Gasteiger charge is -2.21. The highest BCUT2D eigenvalue weighted by Gasteiger charge is 2.30. The second-order valence-corrected chi connectivity index (χ2v) is 32.8. The zero-order chi connectivity index (χ0) is 72.4. The molecule has 0 aromatic heterocycles. The Morgan fingerprint density at radius 1 is 0.286 bits per heavy atom. The summed E-state index contributed by atoms with van der Waals surface area (Å²) < 4.78 is 68.6. The van der Waals surface area contributed by atoms with Crippen molar-refractivity contribution in [3.8, 4) is 0 Å². The van der Waals surface area contributed by atoms with Gasteiger partial charge in [0, 0.05) is 25.7 Å². The van der Waals surface area contributed by atoms with Crippen LogP contribution in [0.25, 0.3) is 0 Å². The maximum Gasteiger partial charge on any atom is 0.472 e. The number of unbranched alkanes of at least 4 members (excludes halogenated alkanes) is 40. The van der Waals surface area contributed by atoms with Crippen molar-refractivity contribution >= 4 is 39.5 Å². The lowest BCUT2D eigenvalue weighted by atomic mass is 9.99. The van der Waals surface area contributed by atoms with Crippen molar-refractivity contribution in [1.82, 2.24) is 0 Å². The summed E-state index contributed by atoms with van der Waals surface area (Å²) in [6.45, 7) is 14.2. The molecule has 0 aliphatic rings. The first-order chi connectivity index (χ1) is 47.2. The molecule has 0 saturated carbocycles. The first-order valence-electron chi connectivity index (χ1n) is 40.8. The number of ether oxygens (including phenoxy) is 4. The topological polar surface area (TPSA) is 237 Å². The zero-order valence-electron chi connectivity index (χ0n) is 64.4. The number of aliphatic hydroxyl groups is 1. The fourth-order valence-corrected chi connectivity index (χ4v) is 13.6. The van der Waals surface area contributed by atoms with Crippen LogP contribution < -0.4 is 0 Å². The number of phosphoric ester groups is 2. The molecule has 0 aromatic rings. The van der Waals surface area contributed by atoms with Crippen LogP contribution in [0.2, 0.25) is 0 Å². The minimum atomic E-state index is -4.96. The molecule has 0 aromatic carbocycles. The van der Waals surface area contributed by atoms with Crippen LogP contribution in [0.15, 0.2) is 0 Å². The van der Waals surface area contributed by atoms with E-state index < -0.39 is 97.5 Å². The highest BCUT2D eigenvalue weighted by atomic mass is 31.2. The number of hydrogen-bond acceptors (Lipinski definition) is 15. The Morgan fingerprint density at radius 2 is 0.490 bits per heavy atom. The number of esters is 4. The van der Waals surface area contributed by atoms with Gasteiger partial charge in [-0.25, -0.2) is 9.13 Å². The van der Waals surface area contributed by atoms with Gasteiger partial charge in [-0.1, -0.05) is 351 Å². The van der Waals surface area contributed by atoms with Crippen LogP contribution >= 0.6 is 15.6 Å². The Bertz CT molecular complexity index is 1920. The van der Waals surface area contributed by atoms with E-state index in [4.69, 9.17) is 37.0 Å². The van der Waals surface area contributed by atoms with Gasteiger partial charge in [-0.15, -0.1) is 0 Å². The number of carbonyl (C=O) groups excluding carboxylic acids is 4. The fourth-order valence-electron chi connectivity index (χ4n) is 12.0. The minimum absolute atomic E-state index is 0.104. The maximum absolute atomic E-state index is 13.1. The molecule has 0 bridgehead atoms. The van der Waals surface area contributed by atoms with Gasteiger partial charge in [-0.2, -0.15) is 0 Å². The average molecular weight is 1440 g/mol. The summed E-state index contributed by atoms with van der Waals surface area (Å²) >= 11 is 0. The normalized spacial score (nSPS) is 14.6. The van der Waals surface area contributed by atoms with E-state index in [0.29, 0.717) is 25.7 Å². The molecular weight excluding hydrogens is 1280 g/mol. The Labute approximate surface area is 600 Å². The van der Waals surface area contributed by atoms with E-state index in [9.17, 15) is 43.2 Å². The summed E-state index contributed by atoms with van der Waals surface area (Å²) in [4.78, 5) is 72.9. The van der Waals surface area contributed by atoms with E-state index in [2.05, 4.69) is 55.4 Å². The van der Waals surface area contributed by atoms with E-state index in [1.54, 1.807) is 0 Å². The van der Waals surface area contributed by atoms with Crippen LogP contribution in [0.4, 0.5) is 0 Å². The van der Waals surface area contributed by atoms with Crippen LogP contribution in [-0.4, -0.2) is 96.7 Å². The van der Waals surface area contributed by atoms with Gasteiger partial charge in [0.25, 0.3) is 0 Å². The Balaban J connectivity index is 5.21. The van der Waals surface area contributed by atoms with E-state index >= 15 is 0 Å². The average Bonchev–Trinajstić information content (AvgIpc) is 1.08. The molecule has 0 aliphatic carbocycles. The number of phosphoric acid groups is 2. The third-order valence-electron chi connectivity index (χ3n) is 19.0. The summed E-state index contributed by atoms with van der Waals surface area (Å²) in [5.41, 5.74) is 0. The highest BCUT2D eigenvalue weighted by Crippen LogP contribution is 2.45. The molecule has 7 atom stereocenters. The first kappa shape index (κ1) is 96.1. The minimum Gasteiger partial charge on any atom is -0.462 e. The van der Waals surface area contributed by atoms with Crippen molar-refractivity contribution in [1.29, 1.82) is 0 Å². The molecule has 0 rings (SSSR count). The largest absolute Gasteiger partial charge is 0.472 e. The van der Waals surface area contributed by atoms with Gasteiger partial charge in [-0.05, 0) is 49.4 Å². The molecule has 0 fully saturated rings. The molecule has 3 N–H and O–H groups in total. The second-order valence-electron chi connectivity index (χ2n) is 29.9. The fraction of sp³-hybridized carbons (Fsp3) is 0.949. The van der Waals surface area contributed by atoms with Crippen molar-refractivity contribution in [3.63, 3.8) is 0 Å². The molecule has 0 aliphatic heterocycles. The maximum atomic E-state index is 13.1. The van der Waals surface area contributed by atoms with Crippen LogP contribution in [0.5, 0.6) is 0 Å². The van der Waals surface area contributed by atoms with Gasteiger partial charge < -0.3 is 33.8 Å². The van der Waals surface area contributed by atoms with E-state index in [0.717, 1.165) is 120 Å². The molecule has 17 nitrogen and oxygen atoms in total. The van der Waals surface area contributed by atoms with Crippen molar-refractivity contribution in [3.05, 3.63) is 0 Å². The van der Waals surface area contributed by atoms with Crippen LogP contribution in [0.3, 0.4) is 0 Å². The summed E-state index contributed by atoms with van der Waals surface area (Å²) in [5.74, 6) is 0.980. The molecular formula is C79H154O17P2. The Morgan fingerprint density at radius 3 is 0.724 bits per heavy atom. The summed E-state index contributed by atoms with van der Waals surface area (Å²) in [6, 6.07) is 0. The monoisotopic (exact) mass is 1440 g/mol. The van der Waals surface area contributed by atoms with Crippen molar-refractivity contribution in [2.45, 2.75) is 420 Å². The van der Waals surface area contributed by atoms with Crippen LogP contribution in [-0.2, 0) is 65.4 Å². The summed E-state index contributed by atoms with van der Waals surface area (Å²) in [7, 11) is -9.92. The molecule has 4 unspecified atom stereocenters. The number of rotatable bonds is 76. The van der Waals surface area contributed by atoms with Gasteiger partial charge in [0.2, 0.25) is 0 Å². The van der Waals surface area contributed by atoms with Crippen molar-refractivity contribution < 1.29 is 80.2 Å². The van der Waals surface area contributed by atoms with Crippen molar-refractivity contribution in [2.75, 3.05) is 39.6 Å². The predicted octanol–water partition coefficient (Wildman–Crippen LogP) is 23.2. The molecule has 0 radical (unpaired) electrons. The van der Waals surface area contributed by atoms with Gasteiger partial charge in [-0.3, -0.25) is 37.3 Å². The third kappa shape index (κ3) is 69.8. The standard InChI is InChI=1S/C79H154O17P2/c1-9-71(7)57-49-41-33-29-30-36-46-54-62-79(84)96-75(66-90-77(82)60-52-44-38-37-42-50-58-72(8)10-2)68-94-98(87,88)92-64-73(80)63-91-97(85,86)93-67-74(95-78(83)61-53-45-35-28-24-20-19-22-26-32-40-48-56-70(5)6)65-89-76(81)59-51-43-34-27-23-18-16-14-12-11-13-15-17-21-25-31-39-47-55-69(3)4/h69-75,80H,9-68H2,1-8H3,(H,85,86)(H,87,88)/t71?,72?,73-,74-,75-/m1/s1. The molecule has 19 heteroatoms. The summed E-state index contributed by atoms with van der Waals surface area (Å²) in [5, 5.41) is 10.6. The van der Waals surface area contributed by atoms with E-state index in [-0.39, 0.29) is 25.7 Å². The summed E-state index contributed by atoms with van der Waals surface area (Å²) in [6.07, 6.45) is 54.2. The van der Waals surface area contributed by atoms with Crippen LogP contribution in [0.1, 0.15) is 402 Å². The Kier molecular flexibility index (Phi) is 66.8. The van der Waals surface area contributed by atoms with Crippen molar-refractivity contribution in [2.24, 2.45) is 23.7 Å². The predicted molar refractivity (Wildman–Crippen MR) is 400 cm³/mol. The molecule has 582 valence electrons. The van der Waals surface area contributed by atoms with Crippen LogP contribution in [0, 0.1) is 23.7 Å². The lowest BCUT2D eigenvalue weighted by molar-refractivity contribution is -0.161. The number of hydrogen-bond donors (Lipinski definition) is 3. The van der Waals surface area contributed by atoms with Gasteiger partial charge in [0.1, 0.15) is 19.3 Å². The van der Waals surface area contributed by atoms with Gasteiger partial charge in [0.05, 0.1) is 26.4 Å². The van der Waals surface area contributed by atoms with E-state index in [1.807, 2.05) is 0 Å². The number of carbonyl (C=O) groups is 4. The number of aliphatic hydroxyl groups excluding tert-OH is 1. The molecule has 0 heterocycles. The molecule has 98 heavy (non-hydrogen) atoms. The van der Waals surface area contributed by atoms with Gasteiger partial charge in [0.15, 0.2) is 12.2 Å².